The number of nitrogens with zero attached hydrogens (tertiary/aromatic N) is 3. The summed E-state index contributed by atoms with van der Waals surface area (Å²) in [7, 11) is 3.08. The van der Waals surface area contributed by atoms with Gasteiger partial charge in [-0.1, -0.05) is 0 Å². The van der Waals surface area contributed by atoms with Gasteiger partial charge >= 0.3 is 0 Å². The Balaban J connectivity index is 1.96. The third-order valence-corrected chi connectivity index (χ3v) is 3.36. The van der Waals surface area contributed by atoms with Gasteiger partial charge < -0.3 is 24.7 Å². The Morgan fingerprint density at radius 2 is 2.16 bits per heavy atom. The van der Waals surface area contributed by atoms with Gasteiger partial charge in [0, 0.05) is 37.2 Å². The van der Waals surface area contributed by atoms with Gasteiger partial charge in [-0.05, 0) is 18.6 Å². The lowest BCUT2D eigenvalue weighted by Gasteiger charge is -2.14. The van der Waals surface area contributed by atoms with Crippen molar-refractivity contribution in [1.29, 1.82) is 0 Å². The molecule has 0 aliphatic carbocycles. The predicted octanol–water partition coefficient (Wildman–Crippen LogP) is 2.07. The highest BCUT2D eigenvalue weighted by molar-refractivity contribution is 5.56. The maximum atomic E-state index is 10.8. The molecule has 134 valence electrons. The molecule has 2 aromatic rings. The van der Waals surface area contributed by atoms with Crippen molar-refractivity contribution in [2.75, 3.05) is 26.1 Å². The summed E-state index contributed by atoms with van der Waals surface area (Å²) in [6.07, 6.45) is 7.00. The van der Waals surface area contributed by atoms with Crippen molar-refractivity contribution in [3.8, 4) is 11.5 Å². The third kappa shape index (κ3) is 5.72. The fourth-order valence-corrected chi connectivity index (χ4v) is 2.20. The van der Waals surface area contributed by atoms with Crippen molar-refractivity contribution in [3.63, 3.8) is 0 Å². The third-order valence-electron chi connectivity index (χ3n) is 3.36. The second kappa shape index (κ2) is 9.16. The summed E-state index contributed by atoms with van der Waals surface area (Å²) >= 11 is 0. The van der Waals surface area contributed by atoms with Crippen molar-refractivity contribution >= 4 is 5.69 Å². The average molecular weight is 347 g/mol. The molecule has 0 bridgehead atoms. The van der Waals surface area contributed by atoms with Gasteiger partial charge in [0.2, 0.25) is 0 Å². The highest BCUT2D eigenvalue weighted by Gasteiger charge is 2.08. The van der Waals surface area contributed by atoms with Crippen LogP contribution in [0.5, 0.6) is 11.5 Å². The molecule has 1 heterocycles. The van der Waals surface area contributed by atoms with Gasteiger partial charge in [-0.3, -0.25) is 10.1 Å². The number of nitrogens with one attached hydrogen (secondary N) is 2. The van der Waals surface area contributed by atoms with Crippen LogP contribution < -0.4 is 20.1 Å². The van der Waals surface area contributed by atoms with Crippen LogP contribution in [0.3, 0.4) is 0 Å². The lowest BCUT2D eigenvalue weighted by atomic mass is 10.2. The van der Waals surface area contributed by atoms with E-state index in [-0.39, 0.29) is 0 Å². The summed E-state index contributed by atoms with van der Waals surface area (Å²) in [6, 6.07) is 5.19. The zero-order chi connectivity index (χ0) is 18.1. The summed E-state index contributed by atoms with van der Waals surface area (Å²) < 4.78 is 12.4. The average Bonchev–Trinajstić information content (AvgIpc) is 3.11. The van der Waals surface area contributed by atoms with Gasteiger partial charge in [0.05, 0.1) is 25.5 Å². The van der Waals surface area contributed by atoms with Crippen LogP contribution in [-0.4, -0.2) is 35.2 Å². The summed E-state index contributed by atoms with van der Waals surface area (Å²) in [5, 5.41) is 16.8. The van der Waals surface area contributed by atoms with Crippen molar-refractivity contribution in [2.45, 2.75) is 13.0 Å². The minimum Gasteiger partial charge on any atom is -0.493 e. The monoisotopic (exact) mass is 347 g/mol. The SMILES string of the molecule is COc1ccc(N/C(=C\[N+](=O)[O-])NCCCn2ccnc2)cc1OC. The van der Waals surface area contributed by atoms with Gasteiger partial charge in [0.1, 0.15) is 0 Å². The number of nitro groups is 1. The predicted molar refractivity (Wildman–Crippen MR) is 93.1 cm³/mol. The van der Waals surface area contributed by atoms with E-state index in [0.29, 0.717) is 29.6 Å². The highest BCUT2D eigenvalue weighted by Crippen LogP contribution is 2.30. The molecule has 0 spiro atoms. The fraction of sp³-hybridized carbons (Fsp3) is 0.312. The topological polar surface area (TPSA) is 103 Å². The Morgan fingerprint density at radius 1 is 1.36 bits per heavy atom. The minimum absolute atomic E-state index is 0.294. The summed E-state index contributed by atoms with van der Waals surface area (Å²) in [5.41, 5.74) is 0.646. The number of hydrogen-bond acceptors (Lipinski definition) is 7. The molecule has 0 unspecified atom stereocenters. The van der Waals surface area contributed by atoms with Crippen LogP contribution in [0.1, 0.15) is 6.42 Å². The van der Waals surface area contributed by atoms with Crippen LogP contribution >= 0.6 is 0 Å². The van der Waals surface area contributed by atoms with Crippen LogP contribution in [0.2, 0.25) is 0 Å². The highest BCUT2D eigenvalue weighted by atomic mass is 16.6. The lowest BCUT2D eigenvalue weighted by molar-refractivity contribution is -0.403. The van der Waals surface area contributed by atoms with Crippen molar-refractivity contribution < 1.29 is 14.4 Å². The van der Waals surface area contributed by atoms with E-state index in [9.17, 15) is 10.1 Å². The molecule has 9 nitrogen and oxygen atoms in total. The fourth-order valence-electron chi connectivity index (χ4n) is 2.20. The van der Waals surface area contributed by atoms with E-state index < -0.39 is 4.92 Å². The Kier molecular flexibility index (Phi) is 6.64. The van der Waals surface area contributed by atoms with E-state index in [0.717, 1.165) is 19.2 Å². The Hall–Kier alpha value is -3.23. The first kappa shape index (κ1) is 18.1. The smallest absolute Gasteiger partial charge is 0.274 e. The molecule has 25 heavy (non-hydrogen) atoms. The zero-order valence-electron chi connectivity index (χ0n) is 14.1. The van der Waals surface area contributed by atoms with Crippen LogP contribution in [0.25, 0.3) is 0 Å². The summed E-state index contributed by atoms with van der Waals surface area (Å²) in [4.78, 5) is 14.3. The maximum Gasteiger partial charge on any atom is 0.274 e. The van der Waals surface area contributed by atoms with Gasteiger partial charge in [-0.25, -0.2) is 4.98 Å². The number of hydrogen-bond donors (Lipinski definition) is 2. The molecule has 0 radical (unpaired) electrons. The second-order valence-electron chi connectivity index (χ2n) is 5.10. The van der Waals surface area contributed by atoms with Crippen LogP contribution in [0, 0.1) is 10.1 Å². The molecule has 2 N–H and O–H groups in total. The molecule has 1 aromatic carbocycles. The Morgan fingerprint density at radius 3 is 2.80 bits per heavy atom. The quantitative estimate of drug-likeness (QED) is 0.385. The molecule has 0 atom stereocenters. The van der Waals surface area contributed by atoms with Gasteiger partial charge in [0.25, 0.3) is 6.20 Å². The Bertz CT molecular complexity index is 715. The van der Waals surface area contributed by atoms with Crippen molar-refractivity contribution in [2.24, 2.45) is 0 Å². The van der Waals surface area contributed by atoms with Crippen molar-refractivity contribution in [3.05, 3.63) is 59.1 Å². The molecule has 0 fully saturated rings. The van der Waals surface area contributed by atoms with Crippen LogP contribution in [-0.2, 0) is 6.54 Å². The molecule has 1 aromatic heterocycles. The second-order valence-corrected chi connectivity index (χ2v) is 5.10. The number of aryl methyl sites for hydroxylation is 1. The summed E-state index contributed by atoms with van der Waals surface area (Å²) in [5.74, 6) is 1.41. The number of rotatable bonds is 10. The Labute approximate surface area is 145 Å². The minimum atomic E-state index is -0.508. The first-order valence-corrected chi connectivity index (χ1v) is 7.66. The number of aromatic nitrogens is 2. The zero-order valence-corrected chi connectivity index (χ0v) is 14.1. The number of benzene rings is 1. The number of methoxy groups -OCH3 is 2. The van der Waals surface area contributed by atoms with E-state index >= 15 is 0 Å². The van der Waals surface area contributed by atoms with Gasteiger partial charge in [-0.2, -0.15) is 0 Å². The molecule has 0 saturated carbocycles. The summed E-state index contributed by atoms with van der Waals surface area (Å²) in [6.45, 7) is 1.34. The molecular weight excluding hydrogens is 326 g/mol. The van der Waals surface area contributed by atoms with Crippen molar-refractivity contribution in [1.82, 2.24) is 14.9 Å². The molecular formula is C16H21N5O4. The molecule has 9 heteroatoms. The van der Waals surface area contributed by atoms with Gasteiger partial charge in [0.15, 0.2) is 17.3 Å². The molecule has 0 aliphatic rings. The van der Waals surface area contributed by atoms with E-state index in [1.807, 2.05) is 10.8 Å². The standard InChI is InChI=1S/C16H21N5O4/c1-24-14-5-4-13(10-15(14)25-2)19-16(11-21(22)23)18-6-3-8-20-9-7-17-12-20/h4-5,7,9-12,18-19H,3,6,8H2,1-2H3/b16-11-. The lowest BCUT2D eigenvalue weighted by Crippen LogP contribution is -2.22. The number of ether oxygens (including phenoxy) is 2. The van der Waals surface area contributed by atoms with Gasteiger partial charge in [-0.15, -0.1) is 0 Å². The van der Waals surface area contributed by atoms with E-state index in [2.05, 4.69) is 15.6 Å². The number of anilines is 1. The molecule has 0 saturated heterocycles. The first-order chi connectivity index (χ1) is 12.1. The number of imidazole rings is 1. The van der Waals surface area contributed by atoms with E-state index in [1.54, 1.807) is 37.8 Å². The first-order valence-electron chi connectivity index (χ1n) is 7.66. The molecule has 0 aliphatic heterocycles. The van der Waals surface area contributed by atoms with E-state index in [1.165, 1.54) is 7.11 Å². The van der Waals surface area contributed by atoms with E-state index in [4.69, 9.17) is 9.47 Å². The normalized spacial score (nSPS) is 11.0. The largest absolute Gasteiger partial charge is 0.493 e. The molecule has 0 amide bonds. The molecule has 2 rings (SSSR count). The maximum absolute atomic E-state index is 10.8. The van der Waals surface area contributed by atoms with Crippen LogP contribution in [0.4, 0.5) is 5.69 Å². The van der Waals surface area contributed by atoms with Crippen LogP contribution in [0.15, 0.2) is 48.9 Å².